The number of hydrogen-bond acceptors (Lipinski definition) is 6. The summed E-state index contributed by atoms with van der Waals surface area (Å²) in [5, 5.41) is 4.49. The molecule has 1 fully saturated rings. The van der Waals surface area contributed by atoms with E-state index in [0.29, 0.717) is 6.54 Å². The highest BCUT2D eigenvalue weighted by atomic mass is 32.1. The minimum Gasteiger partial charge on any atom is -0.493 e. The van der Waals surface area contributed by atoms with Gasteiger partial charge in [0.1, 0.15) is 10.8 Å². The first-order valence-corrected chi connectivity index (χ1v) is 10.1. The van der Waals surface area contributed by atoms with Crippen molar-refractivity contribution in [2.24, 2.45) is 5.92 Å². The van der Waals surface area contributed by atoms with Crippen LogP contribution in [0.25, 0.3) is 10.6 Å². The van der Waals surface area contributed by atoms with Crippen molar-refractivity contribution in [3.05, 3.63) is 58.6 Å². The maximum Gasteiger partial charge on any atom is 0.123 e. The lowest BCUT2D eigenvalue weighted by atomic mass is 10.1. The maximum atomic E-state index is 6.04. The summed E-state index contributed by atoms with van der Waals surface area (Å²) in [4.78, 5) is 14.4. The molecule has 2 heterocycles. The van der Waals surface area contributed by atoms with Gasteiger partial charge in [0.25, 0.3) is 0 Å². The number of benzene rings is 1. The highest BCUT2D eigenvalue weighted by molar-refractivity contribution is 7.14. The van der Waals surface area contributed by atoms with Crippen molar-refractivity contribution in [1.82, 2.24) is 20.3 Å². The second-order valence-corrected chi connectivity index (χ2v) is 8.38. The van der Waals surface area contributed by atoms with Gasteiger partial charge in [-0.05, 0) is 56.4 Å². The normalized spacial score (nSPS) is 13.7. The summed E-state index contributed by atoms with van der Waals surface area (Å²) in [6.07, 6.45) is 8.12. The number of aromatic nitrogens is 3. The second kappa shape index (κ2) is 8.15. The average Bonchev–Trinajstić information content (AvgIpc) is 3.40. The quantitative estimate of drug-likeness (QED) is 0.631. The standard InChI is InChI=1S/C21H24N4OS/c1-14-8-24-19(12-23-14)11-22-10-17-5-18(21-25-9-15(2)27-21)7-20(6-17)26-13-16-3-4-16/h5-9,12,16,22H,3-4,10-11,13H2,1-2H3. The summed E-state index contributed by atoms with van der Waals surface area (Å²) in [6.45, 7) is 6.27. The van der Waals surface area contributed by atoms with E-state index in [2.05, 4.69) is 45.4 Å². The average molecular weight is 381 g/mol. The zero-order valence-corrected chi connectivity index (χ0v) is 16.6. The Labute approximate surface area is 163 Å². The van der Waals surface area contributed by atoms with Crippen LogP contribution in [0.15, 0.2) is 36.8 Å². The number of rotatable bonds is 8. The molecule has 1 aromatic carbocycles. The van der Waals surface area contributed by atoms with Crippen molar-refractivity contribution in [3.63, 3.8) is 0 Å². The van der Waals surface area contributed by atoms with Gasteiger partial charge in [-0.15, -0.1) is 11.3 Å². The Kier molecular flexibility index (Phi) is 5.45. The Morgan fingerprint density at radius 3 is 2.63 bits per heavy atom. The molecule has 2 aromatic heterocycles. The van der Waals surface area contributed by atoms with E-state index in [-0.39, 0.29) is 0 Å². The summed E-state index contributed by atoms with van der Waals surface area (Å²) < 4.78 is 6.04. The molecule has 3 aromatic rings. The summed E-state index contributed by atoms with van der Waals surface area (Å²) in [5.41, 5.74) is 4.18. The number of nitrogens with one attached hydrogen (secondary N) is 1. The molecule has 0 atom stereocenters. The van der Waals surface area contributed by atoms with E-state index in [1.165, 1.54) is 23.3 Å². The van der Waals surface area contributed by atoms with Crippen LogP contribution in [-0.2, 0) is 13.1 Å². The van der Waals surface area contributed by atoms with Crippen molar-refractivity contribution in [2.45, 2.75) is 39.8 Å². The smallest absolute Gasteiger partial charge is 0.123 e. The Hall–Kier alpha value is -2.31. The van der Waals surface area contributed by atoms with Gasteiger partial charge in [0.2, 0.25) is 0 Å². The third-order valence-electron chi connectivity index (χ3n) is 4.49. The number of hydrogen-bond donors (Lipinski definition) is 1. The van der Waals surface area contributed by atoms with E-state index in [4.69, 9.17) is 4.74 Å². The molecule has 5 nitrogen and oxygen atoms in total. The lowest BCUT2D eigenvalue weighted by Gasteiger charge is -2.11. The van der Waals surface area contributed by atoms with Gasteiger partial charge in [0, 0.05) is 42.1 Å². The van der Waals surface area contributed by atoms with Gasteiger partial charge in [-0.2, -0.15) is 0 Å². The summed E-state index contributed by atoms with van der Waals surface area (Å²) in [7, 11) is 0. The molecule has 0 bridgehead atoms. The fourth-order valence-electron chi connectivity index (χ4n) is 2.80. The molecule has 27 heavy (non-hydrogen) atoms. The fourth-order valence-corrected chi connectivity index (χ4v) is 3.55. The van der Waals surface area contributed by atoms with Crippen molar-refractivity contribution < 1.29 is 4.74 Å². The van der Waals surface area contributed by atoms with Crippen LogP contribution in [0.3, 0.4) is 0 Å². The maximum absolute atomic E-state index is 6.04. The number of ether oxygens (including phenoxy) is 1. The van der Waals surface area contributed by atoms with E-state index in [0.717, 1.165) is 46.8 Å². The second-order valence-electron chi connectivity index (χ2n) is 7.15. The van der Waals surface area contributed by atoms with Crippen LogP contribution in [0.1, 0.15) is 34.7 Å². The van der Waals surface area contributed by atoms with Crippen LogP contribution in [0.5, 0.6) is 5.75 Å². The monoisotopic (exact) mass is 380 g/mol. The summed E-state index contributed by atoms with van der Waals surface area (Å²) in [5.74, 6) is 1.66. The first-order chi connectivity index (χ1) is 13.2. The van der Waals surface area contributed by atoms with Crippen LogP contribution in [0.2, 0.25) is 0 Å². The van der Waals surface area contributed by atoms with E-state index < -0.39 is 0 Å². The molecule has 140 valence electrons. The molecule has 0 unspecified atom stereocenters. The molecule has 0 amide bonds. The predicted octanol–water partition coefficient (Wildman–Crippen LogP) is 4.30. The van der Waals surface area contributed by atoms with Crippen molar-refractivity contribution in [3.8, 4) is 16.3 Å². The van der Waals surface area contributed by atoms with Crippen molar-refractivity contribution >= 4 is 11.3 Å². The molecule has 1 N–H and O–H groups in total. The molecular weight excluding hydrogens is 356 g/mol. The van der Waals surface area contributed by atoms with Gasteiger partial charge in [0.05, 0.1) is 18.0 Å². The SMILES string of the molecule is Cc1cnc(CNCc2cc(OCC3CC3)cc(-c3ncc(C)s3)c2)cn1. The Balaban J connectivity index is 1.47. The molecule has 6 heteroatoms. The Morgan fingerprint density at radius 2 is 1.93 bits per heavy atom. The molecule has 0 radical (unpaired) electrons. The lowest BCUT2D eigenvalue weighted by Crippen LogP contribution is -2.14. The van der Waals surface area contributed by atoms with E-state index in [1.807, 2.05) is 19.3 Å². The Morgan fingerprint density at radius 1 is 1.04 bits per heavy atom. The van der Waals surface area contributed by atoms with E-state index >= 15 is 0 Å². The van der Waals surface area contributed by atoms with E-state index in [9.17, 15) is 0 Å². The van der Waals surface area contributed by atoms with Crippen LogP contribution >= 0.6 is 11.3 Å². The third kappa shape index (κ3) is 5.11. The molecule has 1 saturated carbocycles. The summed E-state index contributed by atoms with van der Waals surface area (Å²) in [6, 6.07) is 6.42. The van der Waals surface area contributed by atoms with Gasteiger partial charge >= 0.3 is 0 Å². The molecule has 0 spiro atoms. The minimum absolute atomic E-state index is 0.687. The molecule has 1 aliphatic rings. The van der Waals surface area contributed by atoms with Crippen LogP contribution in [-0.4, -0.2) is 21.6 Å². The van der Waals surface area contributed by atoms with Crippen molar-refractivity contribution in [1.29, 1.82) is 0 Å². The van der Waals surface area contributed by atoms with Crippen LogP contribution < -0.4 is 10.1 Å². The van der Waals surface area contributed by atoms with Gasteiger partial charge in [-0.25, -0.2) is 4.98 Å². The Bertz CT molecular complexity index is 903. The number of aryl methyl sites for hydroxylation is 2. The van der Waals surface area contributed by atoms with Gasteiger partial charge in [-0.1, -0.05) is 0 Å². The molecule has 0 aliphatic heterocycles. The zero-order valence-electron chi connectivity index (χ0n) is 15.7. The summed E-state index contributed by atoms with van der Waals surface area (Å²) >= 11 is 1.71. The topological polar surface area (TPSA) is 59.9 Å². The van der Waals surface area contributed by atoms with Crippen LogP contribution in [0, 0.1) is 19.8 Å². The van der Waals surface area contributed by atoms with Crippen LogP contribution in [0.4, 0.5) is 0 Å². The van der Waals surface area contributed by atoms with Gasteiger partial charge in [0.15, 0.2) is 0 Å². The first kappa shape index (κ1) is 18.1. The number of thiazole rings is 1. The van der Waals surface area contributed by atoms with Crippen molar-refractivity contribution in [2.75, 3.05) is 6.61 Å². The zero-order chi connectivity index (χ0) is 18.6. The highest BCUT2D eigenvalue weighted by Gasteiger charge is 2.22. The molecule has 4 rings (SSSR count). The molecule has 0 saturated heterocycles. The third-order valence-corrected chi connectivity index (χ3v) is 5.45. The minimum atomic E-state index is 0.687. The largest absolute Gasteiger partial charge is 0.493 e. The fraction of sp³-hybridized carbons (Fsp3) is 0.381. The number of nitrogens with zero attached hydrogens (tertiary/aromatic N) is 3. The first-order valence-electron chi connectivity index (χ1n) is 9.33. The molecule has 1 aliphatic carbocycles. The van der Waals surface area contributed by atoms with Gasteiger partial charge < -0.3 is 10.1 Å². The van der Waals surface area contributed by atoms with E-state index in [1.54, 1.807) is 17.5 Å². The highest BCUT2D eigenvalue weighted by Crippen LogP contribution is 2.32. The lowest BCUT2D eigenvalue weighted by molar-refractivity contribution is 0.299. The molecular formula is C21H24N4OS. The predicted molar refractivity (Wildman–Crippen MR) is 108 cm³/mol. The van der Waals surface area contributed by atoms with Gasteiger partial charge in [-0.3, -0.25) is 9.97 Å².